The monoisotopic (exact) mass is 283 g/mol. The number of carbonyl (C=O) groups is 1. The van der Waals surface area contributed by atoms with Crippen molar-refractivity contribution in [2.45, 2.75) is 25.6 Å². The van der Waals surface area contributed by atoms with Gasteiger partial charge in [-0.3, -0.25) is 4.79 Å². The highest BCUT2D eigenvalue weighted by molar-refractivity contribution is 5.91. The van der Waals surface area contributed by atoms with Gasteiger partial charge in [-0.1, -0.05) is 0 Å². The van der Waals surface area contributed by atoms with Crippen molar-refractivity contribution in [3.05, 3.63) is 23.7 Å². The maximum Gasteiger partial charge on any atom is 0.289 e. The highest BCUT2D eigenvalue weighted by Gasteiger charge is 2.25. The van der Waals surface area contributed by atoms with E-state index in [4.69, 9.17) is 19.0 Å². The average Bonchev–Trinajstić information content (AvgIpc) is 2.96. The van der Waals surface area contributed by atoms with E-state index >= 15 is 0 Å². The van der Waals surface area contributed by atoms with Gasteiger partial charge >= 0.3 is 0 Å². The van der Waals surface area contributed by atoms with Gasteiger partial charge in [0.05, 0.1) is 19.3 Å². The van der Waals surface area contributed by atoms with Crippen molar-refractivity contribution < 1.29 is 23.8 Å². The fourth-order valence-corrected chi connectivity index (χ4v) is 2.26. The van der Waals surface area contributed by atoms with Gasteiger partial charge in [0.2, 0.25) is 0 Å². The largest absolute Gasteiger partial charge is 0.453 e. The molecule has 0 spiro atoms. The summed E-state index contributed by atoms with van der Waals surface area (Å²) in [5, 5.41) is 8.94. The number of aliphatic hydroxyl groups is 1. The molecule has 0 radical (unpaired) electrons. The number of amides is 1. The Morgan fingerprint density at radius 2 is 2.15 bits per heavy atom. The second-order valence-electron chi connectivity index (χ2n) is 4.78. The SMILES string of the molecule is COCCOC1CCN(C(=O)c2ccc(CO)o2)CC1. The molecule has 0 aliphatic carbocycles. The Hall–Kier alpha value is -1.37. The van der Waals surface area contributed by atoms with Crippen molar-refractivity contribution >= 4 is 5.91 Å². The van der Waals surface area contributed by atoms with Crippen LogP contribution in [-0.2, 0) is 16.1 Å². The summed E-state index contributed by atoms with van der Waals surface area (Å²) in [6.45, 7) is 2.31. The first-order valence-corrected chi connectivity index (χ1v) is 6.84. The first-order valence-electron chi connectivity index (χ1n) is 6.84. The topological polar surface area (TPSA) is 72.1 Å². The molecule has 1 fully saturated rings. The third kappa shape index (κ3) is 3.82. The normalized spacial score (nSPS) is 16.6. The van der Waals surface area contributed by atoms with Crippen LogP contribution in [0.15, 0.2) is 16.5 Å². The summed E-state index contributed by atoms with van der Waals surface area (Å²) in [7, 11) is 1.65. The Morgan fingerprint density at radius 3 is 2.75 bits per heavy atom. The summed E-state index contributed by atoms with van der Waals surface area (Å²) >= 11 is 0. The lowest BCUT2D eigenvalue weighted by Crippen LogP contribution is -2.41. The van der Waals surface area contributed by atoms with Crippen LogP contribution in [0.3, 0.4) is 0 Å². The van der Waals surface area contributed by atoms with Gasteiger partial charge in [-0.2, -0.15) is 0 Å². The van der Waals surface area contributed by atoms with Gasteiger partial charge < -0.3 is 23.9 Å². The van der Waals surface area contributed by atoms with E-state index in [2.05, 4.69) is 0 Å². The Labute approximate surface area is 118 Å². The van der Waals surface area contributed by atoms with Crippen LogP contribution in [0.25, 0.3) is 0 Å². The highest BCUT2D eigenvalue weighted by atomic mass is 16.5. The second-order valence-corrected chi connectivity index (χ2v) is 4.78. The number of methoxy groups -OCH3 is 1. The molecule has 1 aliphatic heterocycles. The van der Waals surface area contributed by atoms with Crippen LogP contribution in [0, 0.1) is 0 Å². The molecule has 1 N–H and O–H groups in total. The van der Waals surface area contributed by atoms with Gasteiger partial charge in [0.1, 0.15) is 12.4 Å². The zero-order valence-corrected chi connectivity index (χ0v) is 11.7. The van der Waals surface area contributed by atoms with Gasteiger partial charge in [0.25, 0.3) is 5.91 Å². The van der Waals surface area contributed by atoms with E-state index < -0.39 is 0 Å². The Bertz CT molecular complexity index is 423. The van der Waals surface area contributed by atoms with E-state index in [9.17, 15) is 4.79 Å². The third-order valence-electron chi connectivity index (χ3n) is 3.40. The molecule has 2 rings (SSSR count). The smallest absolute Gasteiger partial charge is 0.289 e. The van der Waals surface area contributed by atoms with Crippen LogP contribution >= 0.6 is 0 Å². The lowest BCUT2D eigenvalue weighted by Gasteiger charge is -2.31. The van der Waals surface area contributed by atoms with Gasteiger partial charge in [0.15, 0.2) is 5.76 Å². The highest BCUT2D eigenvalue weighted by Crippen LogP contribution is 2.17. The van der Waals surface area contributed by atoms with Crippen molar-refractivity contribution in [3.8, 4) is 0 Å². The summed E-state index contributed by atoms with van der Waals surface area (Å²) in [5.74, 6) is 0.568. The van der Waals surface area contributed by atoms with Crippen molar-refractivity contribution in [1.82, 2.24) is 4.90 Å². The molecule has 1 amide bonds. The molecular weight excluding hydrogens is 262 g/mol. The number of furan rings is 1. The van der Waals surface area contributed by atoms with E-state index in [1.54, 1.807) is 24.1 Å². The maximum atomic E-state index is 12.2. The fourth-order valence-electron chi connectivity index (χ4n) is 2.26. The molecule has 0 saturated carbocycles. The minimum Gasteiger partial charge on any atom is -0.453 e. The number of carbonyl (C=O) groups excluding carboxylic acids is 1. The summed E-state index contributed by atoms with van der Waals surface area (Å²) in [5.41, 5.74) is 0. The van der Waals surface area contributed by atoms with Gasteiger partial charge in [0, 0.05) is 20.2 Å². The molecule has 1 saturated heterocycles. The van der Waals surface area contributed by atoms with Gasteiger partial charge in [-0.05, 0) is 25.0 Å². The standard InChI is InChI=1S/C14H21NO5/c1-18-8-9-19-11-4-6-15(7-5-11)14(17)13-3-2-12(10-16)20-13/h2-3,11,16H,4-10H2,1H3. The first-order chi connectivity index (χ1) is 9.74. The number of ether oxygens (including phenoxy) is 2. The number of nitrogens with zero attached hydrogens (tertiary/aromatic N) is 1. The summed E-state index contributed by atoms with van der Waals surface area (Å²) < 4.78 is 15.9. The molecule has 2 heterocycles. The summed E-state index contributed by atoms with van der Waals surface area (Å²) in [6, 6.07) is 3.23. The molecule has 0 unspecified atom stereocenters. The molecule has 6 nitrogen and oxygen atoms in total. The lowest BCUT2D eigenvalue weighted by atomic mass is 10.1. The minimum absolute atomic E-state index is 0.125. The predicted molar refractivity (Wildman–Crippen MR) is 71.4 cm³/mol. The summed E-state index contributed by atoms with van der Waals surface area (Å²) in [6.07, 6.45) is 1.84. The number of likely N-dealkylation sites (tertiary alicyclic amines) is 1. The van der Waals surface area contributed by atoms with E-state index in [0.717, 1.165) is 12.8 Å². The third-order valence-corrected chi connectivity index (χ3v) is 3.40. The molecule has 0 aromatic carbocycles. The lowest BCUT2D eigenvalue weighted by molar-refractivity contribution is -0.0127. The first kappa shape index (κ1) is 15.0. The second kappa shape index (κ2) is 7.42. The molecule has 112 valence electrons. The van der Waals surface area contributed by atoms with Crippen LogP contribution in [0.4, 0.5) is 0 Å². The molecule has 0 atom stereocenters. The predicted octanol–water partition coefficient (Wildman–Crippen LogP) is 1.04. The molecular formula is C14H21NO5. The molecule has 6 heteroatoms. The fraction of sp³-hybridized carbons (Fsp3) is 0.643. The van der Waals surface area contributed by atoms with E-state index in [1.165, 1.54) is 0 Å². The Balaban J connectivity index is 1.79. The van der Waals surface area contributed by atoms with Crippen molar-refractivity contribution in [2.75, 3.05) is 33.4 Å². The van der Waals surface area contributed by atoms with E-state index in [0.29, 0.717) is 32.1 Å². The zero-order chi connectivity index (χ0) is 14.4. The number of aliphatic hydroxyl groups excluding tert-OH is 1. The number of hydrogen-bond acceptors (Lipinski definition) is 5. The van der Waals surface area contributed by atoms with Crippen molar-refractivity contribution in [2.24, 2.45) is 0 Å². The van der Waals surface area contributed by atoms with Crippen molar-refractivity contribution in [3.63, 3.8) is 0 Å². The zero-order valence-electron chi connectivity index (χ0n) is 11.7. The van der Waals surface area contributed by atoms with Gasteiger partial charge in [-0.15, -0.1) is 0 Å². The van der Waals surface area contributed by atoms with Crippen LogP contribution in [0.2, 0.25) is 0 Å². The number of piperidine rings is 1. The quantitative estimate of drug-likeness (QED) is 0.790. The van der Waals surface area contributed by atoms with E-state index in [-0.39, 0.29) is 24.4 Å². The molecule has 1 aromatic heterocycles. The maximum absolute atomic E-state index is 12.2. The van der Waals surface area contributed by atoms with Gasteiger partial charge in [-0.25, -0.2) is 0 Å². The number of hydrogen-bond donors (Lipinski definition) is 1. The van der Waals surface area contributed by atoms with Crippen molar-refractivity contribution in [1.29, 1.82) is 0 Å². The van der Waals surface area contributed by atoms with Crippen LogP contribution < -0.4 is 0 Å². The summed E-state index contributed by atoms with van der Waals surface area (Å²) in [4.78, 5) is 13.9. The van der Waals surface area contributed by atoms with Crippen LogP contribution in [0.5, 0.6) is 0 Å². The van der Waals surface area contributed by atoms with Crippen LogP contribution in [0.1, 0.15) is 29.2 Å². The van der Waals surface area contributed by atoms with E-state index in [1.807, 2.05) is 0 Å². The van der Waals surface area contributed by atoms with Crippen LogP contribution in [-0.4, -0.2) is 55.4 Å². The molecule has 1 aromatic rings. The number of rotatable bonds is 6. The molecule has 1 aliphatic rings. The Morgan fingerprint density at radius 1 is 1.40 bits per heavy atom. The molecule has 0 bridgehead atoms. The Kier molecular flexibility index (Phi) is 5.58. The average molecular weight is 283 g/mol. The molecule has 20 heavy (non-hydrogen) atoms. The minimum atomic E-state index is -0.192.